The number of nitrogens with two attached hydrogens (primary N) is 1. The Kier molecular flexibility index (Phi) is 18.8. The number of carbonyl (C=O) groups is 3. The van der Waals surface area contributed by atoms with Crippen LogP contribution in [0.2, 0.25) is 0 Å². The minimum absolute atomic E-state index is 0.0793. The Morgan fingerprint density at radius 2 is 1.42 bits per heavy atom. The topological polar surface area (TPSA) is 198 Å². The minimum atomic E-state index is -3.25. The predicted octanol–water partition coefficient (Wildman–Crippen LogP) is 6.38. The van der Waals surface area contributed by atoms with Crippen LogP contribution in [-0.4, -0.2) is 123 Å². The standard InChI is InChI=1S/C41H43N3O13P.C6H15N/c1-4-52-35(45)26-53-37-36(46)33(55-38(37)43-22-21-34(42)44(40(43)48)57-58(49)56-39(47)27-13-7-5-8-14-27)25-54-41(28-15-9-6-10-16-28,29-17-11-19-31(23-29)50-2)30-18-12-20-32(24-30)51-3;1-4-7(5-2)6-3/h5-21,23-24,33,36-38,46H,4,22,25-26,42H2,1-3H3;4-6H2,1-3H3/q+1;/t33-,36-,37-,38-;/m1./s1. The van der Waals surface area contributed by atoms with E-state index in [4.69, 9.17) is 43.3 Å². The summed E-state index contributed by atoms with van der Waals surface area (Å²) < 4.78 is 58.5. The van der Waals surface area contributed by atoms with Gasteiger partial charge in [0.2, 0.25) is 0 Å². The summed E-state index contributed by atoms with van der Waals surface area (Å²) in [6.07, 6.45) is -4.04. The Hall–Kier alpha value is -5.91. The number of benzene rings is 4. The van der Waals surface area contributed by atoms with Gasteiger partial charge in [-0.25, -0.2) is 14.4 Å². The number of methoxy groups -OCH3 is 2. The third-order valence-electron chi connectivity index (χ3n) is 10.7. The van der Waals surface area contributed by atoms with E-state index >= 15 is 0 Å². The molecule has 1 unspecified atom stereocenters. The minimum Gasteiger partial charge on any atom is -0.497 e. The van der Waals surface area contributed by atoms with Gasteiger partial charge in [-0.3, -0.25) is 4.90 Å². The zero-order valence-electron chi connectivity index (χ0n) is 37.4. The first-order valence-corrected chi connectivity index (χ1v) is 22.3. The zero-order valence-corrected chi connectivity index (χ0v) is 38.3. The van der Waals surface area contributed by atoms with Gasteiger partial charge in [-0.15, -0.1) is 5.06 Å². The molecule has 0 saturated carbocycles. The van der Waals surface area contributed by atoms with Crippen LogP contribution in [0.15, 0.2) is 121 Å². The van der Waals surface area contributed by atoms with Gasteiger partial charge in [0.1, 0.15) is 47.8 Å². The van der Waals surface area contributed by atoms with Crippen LogP contribution in [0.1, 0.15) is 54.7 Å². The number of nitrogens with zero attached hydrogens (tertiary/aromatic N) is 3. The first-order valence-electron chi connectivity index (χ1n) is 21.2. The van der Waals surface area contributed by atoms with E-state index in [2.05, 4.69) is 25.7 Å². The van der Waals surface area contributed by atoms with Gasteiger partial charge >= 0.3 is 26.2 Å². The van der Waals surface area contributed by atoms with Crippen molar-refractivity contribution in [3.05, 3.63) is 143 Å². The van der Waals surface area contributed by atoms with E-state index < -0.39 is 63.0 Å². The van der Waals surface area contributed by atoms with Crippen molar-refractivity contribution in [1.29, 1.82) is 0 Å². The Morgan fingerprint density at radius 3 is 1.95 bits per heavy atom. The molecule has 6 rings (SSSR count). The van der Waals surface area contributed by atoms with Gasteiger partial charge in [-0.2, -0.15) is 4.52 Å². The Morgan fingerprint density at radius 1 is 0.846 bits per heavy atom. The molecule has 0 aromatic heterocycles. The molecule has 4 aromatic rings. The summed E-state index contributed by atoms with van der Waals surface area (Å²) >= 11 is 0. The normalized spacial score (nSPS) is 18.6. The van der Waals surface area contributed by atoms with E-state index in [0.717, 1.165) is 10.5 Å². The number of urea groups is 1. The maximum atomic E-state index is 14.0. The number of hydrogen-bond donors (Lipinski definition) is 2. The number of aliphatic hydroxyl groups excluding tert-OH is 1. The molecule has 0 bridgehead atoms. The number of carbonyl (C=O) groups excluding carboxylic acids is 3. The molecule has 4 aromatic carbocycles. The summed E-state index contributed by atoms with van der Waals surface area (Å²) in [7, 11) is -0.141. The van der Waals surface area contributed by atoms with Gasteiger partial charge in [0.15, 0.2) is 6.23 Å². The number of aliphatic hydroxyl groups is 1. The lowest BCUT2D eigenvalue weighted by molar-refractivity contribution is -0.157. The van der Waals surface area contributed by atoms with E-state index in [1.807, 2.05) is 66.7 Å². The van der Waals surface area contributed by atoms with Crippen LogP contribution < -0.4 is 15.2 Å². The fourth-order valence-corrected chi connectivity index (χ4v) is 7.86. The second-order valence-electron chi connectivity index (χ2n) is 14.5. The van der Waals surface area contributed by atoms with Crippen molar-refractivity contribution in [2.45, 2.75) is 57.8 Å². The van der Waals surface area contributed by atoms with Gasteiger partial charge in [-0.05, 0) is 85.7 Å². The largest absolute Gasteiger partial charge is 0.778 e. The van der Waals surface area contributed by atoms with Gasteiger partial charge in [0.05, 0.1) is 33.0 Å². The Labute approximate surface area is 380 Å². The molecule has 3 N–H and O–H groups in total. The van der Waals surface area contributed by atoms with E-state index in [0.29, 0.717) is 27.7 Å². The number of esters is 1. The smallest absolute Gasteiger partial charge is 0.497 e. The molecule has 2 aliphatic rings. The van der Waals surface area contributed by atoms with Crippen molar-refractivity contribution in [3.63, 3.8) is 0 Å². The predicted molar refractivity (Wildman–Crippen MR) is 240 cm³/mol. The third kappa shape index (κ3) is 12.5. The van der Waals surface area contributed by atoms with Crippen LogP contribution in [0.5, 0.6) is 11.5 Å². The van der Waals surface area contributed by atoms with E-state index in [9.17, 15) is 24.1 Å². The fraction of sp³-hybridized carbons (Fsp3) is 0.383. The molecule has 17 nitrogen and oxygen atoms in total. The van der Waals surface area contributed by atoms with E-state index in [-0.39, 0.29) is 31.1 Å². The van der Waals surface area contributed by atoms with Crippen molar-refractivity contribution in [1.82, 2.24) is 14.9 Å². The molecule has 1 fully saturated rings. The van der Waals surface area contributed by atoms with Gasteiger partial charge < -0.3 is 44.2 Å². The first-order chi connectivity index (χ1) is 31.4. The van der Waals surface area contributed by atoms with Crippen molar-refractivity contribution in [2.75, 3.05) is 60.2 Å². The molecule has 2 aliphatic heterocycles. The van der Waals surface area contributed by atoms with Crippen LogP contribution >= 0.6 is 8.25 Å². The van der Waals surface area contributed by atoms with Gasteiger partial charge in [-0.1, -0.05) is 93.6 Å². The molecule has 0 aliphatic carbocycles. The lowest BCUT2D eigenvalue weighted by Crippen LogP contribution is -2.55. The first kappa shape index (κ1) is 50.1. The molecule has 2 heterocycles. The lowest BCUT2D eigenvalue weighted by Gasteiger charge is -2.37. The zero-order chi connectivity index (χ0) is 46.9. The summed E-state index contributed by atoms with van der Waals surface area (Å²) in [6.45, 7) is 10.8. The van der Waals surface area contributed by atoms with E-state index in [1.54, 1.807) is 51.5 Å². The number of ether oxygens (including phenoxy) is 6. The average Bonchev–Trinajstić information content (AvgIpc) is 3.65. The van der Waals surface area contributed by atoms with E-state index in [1.165, 1.54) is 37.8 Å². The second kappa shape index (κ2) is 24.4. The van der Waals surface area contributed by atoms with Crippen molar-refractivity contribution in [2.24, 2.45) is 5.73 Å². The number of hydroxylamine groups is 2. The quantitative estimate of drug-likeness (QED) is 0.0562. The second-order valence-corrected chi connectivity index (χ2v) is 15.3. The SMILES string of the molecule is CCN(CC)CC.CCOC(=O)CO[C@@H]1[C@H](O)[C@@H](COC(c2ccccc2)(c2cccc(OC)c2)c2cccc(OC)c2)O[C@H]1N1CC=C(N)N(O[P+](=O)OC(=O)c2ccccc2)C1=O. The summed E-state index contributed by atoms with van der Waals surface area (Å²) in [6, 6.07) is 30.9. The average molecular weight is 918 g/mol. The summed E-state index contributed by atoms with van der Waals surface area (Å²) in [4.78, 5) is 42.4. The van der Waals surface area contributed by atoms with Crippen LogP contribution in [0, 0.1) is 0 Å². The molecule has 18 heteroatoms. The maximum absolute atomic E-state index is 14.0. The number of hydrogen-bond acceptors (Lipinski definition) is 15. The Balaban J connectivity index is 0.00000105. The lowest BCUT2D eigenvalue weighted by atomic mass is 9.79. The highest BCUT2D eigenvalue weighted by molar-refractivity contribution is 7.34. The monoisotopic (exact) mass is 917 g/mol. The highest BCUT2D eigenvalue weighted by Crippen LogP contribution is 2.44. The van der Waals surface area contributed by atoms with Crippen molar-refractivity contribution >= 4 is 26.2 Å². The van der Waals surface area contributed by atoms with Crippen LogP contribution in [0.4, 0.5) is 4.79 Å². The molecular formula is C47H58N4O13P+. The van der Waals surface area contributed by atoms with Crippen LogP contribution in [0.3, 0.4) is 0 Å². The molecule has 0 spiro atoms. The van der Waals surface area contributed by atoms with Crippen LogP contribution in [-0.2, 0) is 43.1 Å². The maximum Gasteiger partial charge on any atom is 0.778 e. The van der Waals surface area contributed by atoms with Gasteiger partial charge in [0.25, 0.3) is 0 Å². The van der Waals surface area contributed by atoms with Crippen molar-refractivity contribution in [3.8, 4) is 11.5 Å². The number of rotatable bonds is 20. The van der Waals surface area contributed by atoms with Crippen molar-refractivity contribution < 1.29 is 61.6 Å². The highest BCUT2D eigenvalue weighted by Gasteiger charge is 2.52. The molecule has 65 heavy (non-hydrogen) atoms. The highest BCUT2D eigenvalue weighted by atomic mass is 31.1. The summed E-state index contributed by atoms with van der Waals surface area (Å²) in [5, 5.41) is 12.4. The molecule has 1 saturated heterocycles. The molecule has 2 amide bonds. The molecule has 5 atom stereocenters. The summed E-state index contributed by atoms with van der Waals surface area (Å²) in [5.74, 6) is -0.811. The fourth-order valence-electron chi connectivity index (χ4n) is 7.29. The molecule has 348 valence electrons. The Bertz CT molecular complexity index is 2160. The van der Waals surface area contributed by atoms with Gasteiger partial charge in [0, 0.05) is 15.7 Å². The molecular weight excluding hydrogens is 860 g/mol. The number of amides is 2. The van der Waals surface area contributed by atoms with Crippen LogP contribution in [0.25, 0.3) is 0 Å². The third-order valence-corrected chi connectivity index (χ3v) is 11.3. The summed E-state index contributed by atoms with van der Waals surface area (Å²) in [5.41, 5.74) is 6.89. The molecule has 0 radical (unpaired) electrons.